The molecule has 4 nitrogen and oxygen atoms in total. The maximum absolute atomic E-state index is 12.2. The van der Waals surface area contributed by atoms with Crippen molar-refractivity contribution < 1.29 is 9.53 Å². The van der Waals surface area contributed by atoms with Gasteiger partial charge in [-0.1, -0.05) is 12.1 Å². The molecule has 0 bridgehead atoms. The molecule has 2 rings (SSSR count). The standard InChI is InChI=1S/C18H22N2O2/c1-12(2)22-17-10-6-14(7-11-17)13(3)20-18(21)15-4-8-16(19)9-5-15/h4-13H,19H2,1-3H3,(H,20,21). The van der Waals surface area contributed by atoms with Crippen LogP contribution >= 0.6 is 0 Å². The third-order valence-corrected chi connectivity index (χ3v) is 3.27. The van der Waals surface area contributed by atoms with Crippen molar-refractivity contribution in [1.82, 2.24) is 5.32 Å². The predicted octanol–water partition coefficient (Wildman–Crippen LogP) is 3.55. The van der Waals surface area contributed by atoms with E-state index in [0.29, 0.717) is 11.3 Å². The second-order valence-electron chi connectivity index (χ2n) is 5.55. The van der Waals surface area contributed by atoms with Crippen molar-refractivity contribution in [2.75, 3.05) is 5.73 Å². The summed E-state index contributed by atoms with van der Waals surface area (Å²) in [4.78, 5) is 12.2. The van der Waals surface area contributed by atoms with E-state index >= 15 is 0 Å². The van der Waals surface area contributed by atoms with Gasteiger partial charge in [-0.2, -0.15) is 0 Å². The first-order valence-electron chi connectivity index (χ1n) is 7.38. The molecule has 0 spiro atoms. The average molecular weight is 298 g/mol. The van der Waals surface area contributed by atoms with Crippen LogP contribution in [0.3, 0.4) is 0 Å². The Labute approximate surface area is 131 Å². The molecular formula is C18H22N2O2. The summed E-state index contributed by atoms with van der Waals surface area (Å²) >= 11 is 0. The number of nitrogens with one attached hydrogen (secondary N) is 1. The summed E-state index contributed by atoms with van der Waals surface area (Å²) in [6.45, 7) is 5.93. The van der Waals surface area contributed by atoms with Crippen LogP contribution in [0.4, 0.5) is 5.69 Å². The fourth-order valence-electron chi connectivity index (χ4n) is 2.11. The number of hydrogen-bond acceptors (Lipinski definition) is 3. The topological polar surface area (TPSA) is 64.3 Å². The summed E-state index contributed by atoms with van der Waals surface area (Å²) in [7, 11) is 0. The Morgan fingerprint density at radius 2 is 1.59 bits per heavy atom. The van der Waals surface area contributed by atoms with Gasteiger partial charge in [0.15, 0.2) is 0 Å². The quantitative estimate of drug-likeness (QED) is 0.830. The van der Waals surface area contributed by atoms with E-state index in [9.17, 15) is 4.79 Å². The molecule has 0 saturated heterocycles. The van der Waals surface area contributed by atoms with Gasteiger partial charge in [0.25, 0.3) is 5.91 Å². The summed E-state index contributed by atoms with van der Waals surface area (Å²) < 4.78 is 5.61. The van der Waals surface area contributed by atoms with Crippen molar-refractivity contribution in [3.63, 3.8) is 0 Å². The van der Waals surface area contributed by atoms with E-state index in [1.165, 1.54) is 0 Å². The Morgan fingerprint density at radius 1 is 1.00 bits per heavy atom. The molecule has 2 aromatic rings. The molecule has 4 heteroatoms. The zero-order valence-electron chi connectivity index (χ0n) is 13.2. The molecule has 0 radical (unpaired) electrons. The fourth-order valence-corrected chi connectivity index (χ4v) is 2.11. The van der Waals surface area contributed by atoms with Crippen molar-refractivity contribution in [3.05, 3.63) is 59.7 Å². The van der Waals surface area contributed by atoms with E-state index in [4.69, 9.17) is 10.5 Å². The van der Waals surface area contributed by atoms with E-state index < -0.39 is 0 Å². The van der Waals surface area contributed by atoms with Gasteiger partial charge in [-0.05, 0) is 62.7 Å². The third kappa shape index (κ3) is 4.25. The number of carbonyl (C=O) groups excluding carboxylic acids is 1. The smallest absolute Gasteiger partial charge is 0.251 e. The van der Waals surface area contributed by atoms with Crippen molar-refractivity contribution >= 4 is 11.6 Å². The molecule has 0 heterocycles. The van der Waals surface area contributed by atoms with E-state index in [-0.39, 0.29) is 18.1 Å². The highest BCUT2D eigenvalue weighted by Gasteiger charge is 2.11. The molecule has 2 aromatic carbocycles. The number of nitrogen functional groups attached to an aromatic ring is 1. The summed E-state index contributed by atoms with van der Waals surface area (Å²) in [5.74, 6) is 0.714. The molecule has 3 N–H and O–H groups in total. The van der Waals surface area contributed by atoms with Gasteiger partial charge >= 0.3 is 0 Å². The van der Waals surface area contributed by atoms with E-state index in [1.54, 1.807) is 24.3 Å². The normalized spacial score (nSPS) is 12.0. The molecule has 0 saturated carbocycles. The van der Waals surface area contributed by atoms with Crippen LogP contribution in [0.2, 0.25) is 0 Å². The number of carbonyl (C=O) groups is 1. The minimum absolute atomic E-state index is 0.0850. The number of rotatable bonds is 5. The van der Waals surface area contributed by atoms with E-state index in [0.717, 1.165) is 11.3 Å². The molecule has 0 aliphatic heterocycles. The molecule has 0 aliphatic rings. The first kappa shape index (κ1) is 15.9. The largest absolute Gasteiger partial charge is 0.491 e. The zero-order chi connectivity index (χ0) is 16.1. The molecule has 1 amide bonds. The van der Waals surface area contributed by atoms with Crippen LogP contribution in [0.15, 0.2) is 48.5 Å². The Bertz CT molecular complexity index is 619. The lowest BCUT2D eigenvalue weighted by atomic mass is 10.1. The van der Waals surface area contributed by atoms with Crippen molar-refractivity contribution in [2.24, 2.45) is 0 Å². The predicted molar refractivity (Wildman–Crippen MR) is 88.9 cm³/mol. The van der Waals surface area contributed by atoms with Crippen molar-refractivity contribution in [1.29, 1.82) is 0 Å². The van der Waals surface area contributed by atoms with Gasteiger partial charge in [0, 0.05) is 11.3 Å². The Morgan fingerprint density at radius 3 is 2.14 bits per heavy atom. The molecule has 0 fully saturated rings. The molecule has 22 heavy (non-hydrogen) atoms. The van der Waals surface area contributed by atoms with Crippen LogP contribution in [0.1, 0.15) is 42.7 Å². The van der Waals surface area contributed by atoms with Gasteiger partial charge in [-0.3, -0.25) is 4.79 Å². The average Bonchev–Trinajstić information content (AvgIpc) is 2.48. The molecule has 1 atom stereocenters. The molecular weight excluding hydrogens is 276 g/mol. The SMILES string of the molecule is CC(C)Oc1ccc(C(C)NC(=O)c2ccc(N)cc2)cc1. The molecule has 0 aliphatic carbocycles. The van der Waals surface area contributed by atoms with Crippen molar-refractivity contribution in [3.8, 4) is 5.75 Å². The molecule has 116 valence electrons. The van der Waals surface area contributed by atoms with Crippen LogP contribution in [0, 0.1) is 0 Å². The highest BCUT2D eigenvalue weighted by molar-refractivity contribution is 5.94. The minimum Gasteiger partial charge on any atom is -0.491 e. The zero-order valence-corrected chi connectivity index (χ0v) is 13.2. The van der Waals surface area contributed by atoms with Crippen LogP contribution < -0.4 is 15.8 Å². The van der Waals surface area contributed by atoms with Crippen LogP contribution in [-0.2, 0) is 0 Å². The summed E-state index contributed by atoms with van der Waals surface area (Å²) in [6.07, 6.45) is 0.147. The Hall–Kier alpha value is -2.49. The van der Waals surface area contributed by atoms with Gasteiger partial charge < -0.3 is 15.8 Å². The molecule has 1 unspecified atom stereocenters. The number of anilines is 1. The summed E-state index contributed by atoms with van der Waals surface area (Å²) in [5, 5.41) is 2.97. The number of nitrogens with two attached hydrogens (primary N) is 1. The number of amides is 1. The van der Waals surface area contributed by atoms with Crippen molar-refractivity contribution in [2.45, 2.75) is 32.9 Å². The van der Waals surface area contributed by atoms with Gasteiger partial charge in [-0.15, -0.1) is 0 Å². The lowest BCUT2D eigenvalue weighted by Gasteiger charge is -2.16. The van der Waals surface area contributed by atoms with Gasteiger partial charge in [0.2, 0.25) is 0 Å². The monoisotopic (exact) mass is 298 g/mol. The minimum atomic E-state index is -0.116. The highest BCUT2D eigenvalue weighted by atomic mass is 16.5. The van der Waals surface area contributed by atoms with Crippen LogP contribution in [0.5, 0.6) is 5.75 Å². The van der Waals surface area contributed by atoms with E-state index in [1.807, 2.05) is 45.0 Å². The third-order valence-electron chi connectivity index (χ3n) is 3.27. The second kappa shape index (κ2) is 6.98. The first-order chi connectivity index (χ1) is 10.5. The van der Waals surface area contributed by atoms with Gasteiger partial charge in [0.1, 0.15) is 5.75 Å². The maximum atomic E-state index is 12.2. The second-order valence-corrected chi connectivity index (χ2v) is 5.55. The summed E-state index contributed by atoms with van der Waals surface area (Å²) in [6, 6.07) is 14.6. The first-order valence-corrected chi connectivity index (χ1v) is 7.38. The highest BCUT2D eigenvalue weighted by Crippen LogP contribution is 2.19. The summed E-state index contributed by atoms with van der Waals surface area (Å²) in [5.41, 5.74) is 7.89. The maximum Gasteiger partial charge on any atom is 0.251 e. The Kier molecular flexibility index (Phi) is 5.04. The lowest BCUT2D eigenvalue weighted by molar-refractivity contribution is 0.0940. The van der Waals surface area contributed by atoms with Gasteiger partial charge in [-0.25, -0.2) is 0 Å². The Balaban J connectivity index is 2.00. The number of ether oxygens (including phenoxy) is 1. The lowest BCUT2D eigenvalue weighted by Crippen LogP contribution is -2.26. The fraction of sp³-hybridized carbons (Fsp3) is 0.278. The van der Waals surface area contributed by atoms with Crippen LogP contribution in [-0.4, -0.2) is 12.0 Å². The van der Waals surface area contributed by atoms with Crippen LogP contribution in [0.25, 0.3) is 0 Å². The number of benzene rings is 2. The molecule has 0 aromatic heterocycles. The van der Waals surface area contributed by atoms with Gasteiger partial charge in [0.05, 0.1) is 12.1 Å². The van der Waals surface area contributed by atoms with E-state index in [2.05, 4.69) is 5.32 Å². The number of hydrogen-bond donors (Lipinski definition) is 2.